The molecule has 1 aliphatic heterocycles. The van der Waals surface area contributed by atoms with Gasteiger partial charge >= 0.3 is 131 Å². The second-order valence-electron chi connectivity index (χ2n) is 5.18. The van der Waals surface area contributed by atoms with Crippen LogP contribution in [0.2, 0.25) is 8.87 Å². The summed E-state index contributed by atoms with van der Waals surface area (Å²) in [5.41, 5.74) is 0. The first kappa shape index (κ1) is 18.1. The van der Waals surface area contributed by atoms with Gasteiger partial charge in [-0.3, -0.25) is 0 Å². The van der Waals surface area contributed by atoms with Crippen molar-refractivity contribution in [3.05, 3.63) is 0 Å². The first-order valence-corrected chi connectivity index (χ1v) is 15.2. The Bertz CT molecular complexity index is 292. The van der Waals surface area contributed by atoms with E-state index in [0.29, 0.717) is 12.8 Å². The fourth-order valence-corrected chi connectivity index (χ4v) is 13.0. The third kappa shape index (κ3) is 6.70. The van der Waals surface area contributed by atoms with Gasteiger partial charge in [-0.15, -0.1) is 0 Å². The van der Waals surface area contributed by atoms with Crippen LogP contribution >= 0.6 is 11.8 Å². The number of thioether (sulfide) groups is 1. The first-order valence-electron chi connectivity index (χ1n) is 7.63. The fourth-order valence-electron chi connectivity index (χ4n) is 2.17. The van der Waals surface area contributed by atoms with Crippen LogP contribution in [0, 0.1) is 0 Å². The van der Waals surface area contributed by atoms with Gasteiger partial charge in [-0.25, -0.2) is 0 Å². The normalized spacial score (nSPS) is 20.1. The molecule has 0 aromatic carbocycles. The maximum atomic E-state index is 12.0. The van der Waals surface area contributed by atoms with Crippen molar-refractivity contribution in [3.8, 4) is 0 Å². The number of hydrogen-bond acceptors (Lipinski definition) is 5. The number of hydrogen-bond donors (Lipinski definition) is 0. The van der Waals surface area contributed by atoms with E-state index in [1.54, 1.807) is 11.8 Å². The van der Waals surface area contributed by atoms with Gasteiger partial charge in [0.05, 0.1) is 0 Å². The van der Waals surface area contributed by atoms with Crippen molar-refractivity contribution in [2.45, 2.75) is 61.2 Å². The van der Waals surface area contributed by atoms with Gasteiger partial charge in [-0.05, 0) is 0 Å². The van der Waals surface area contributed by atoms with Gasteiger partial charge < -0.3 is 0 Å². The zero-order valence-electron chi connectivity index (χ0n) is 12.6. The Kier molecular flexibility index (Phi) is 9.00. The Hall–Kier alpha value is 0.0887. The summed E-state index contributed by atoms with van der Waals surface area (Å²) >= 11 is -1.93. The molecule has 20 heavy (non-hydrogen) atoms. The van der Waals surface area contributed by atoms with Crippen molar-refractivity contribution < 1.29 is 15.7 Å². The van der Waals surface area contributed by atoms with Crippen molar-refractivity contribution in [2.75, 3.05) is 11.5 Å². The van der Waals surface area contributed by atoms with E-state index >= 15 is 0 Å². The first-order chi connectivity index (χ1) is 9.62. The molecule has 116 valence electrons. The summed E-state index contributed by atoms with van der Waals surface area (Å²) < 4.78 is 13.2. The molecule has 0 atom stereocenters. The van der Waals surface area contributed by atoms with E-state index in [0.717, 1.165) is 46.1 Å². The maximum absolute atomic E-state index is 12.0. The van der Waals surface area contributed by atoms with Gasteiger partial charge in [0.1, 0.15) is 0 Å². The zero-order valence-corrected chi connectivity index (χ0v) is 16.3. The summed E-state index contributed by atoms with van der Waals surface area (Å²) in [7, 11) is 0. The topological polar surface area (TPSA) is 52.6 Å². The van der Waals surface area contributed by atoms with Crippen molar-refractivity contribution in [2.24, 2.45) is 0 Å². The van der Waals surface area contributed by atoms with Gasteiger partial charge in [-0.2, -0.15) is 0 Å². The standard InChI is InChI=1S/C6H10O4S.2C4H9.Sn/c7-5(8)1-3-11-4-2-6(9)10;2*1-3-4-2;/h1-4H2,(H,7,8)(H,9,10);2*1,3-4H2,2H3;/q;;;+2/p-2. The molecule has 0 spiro atoms. The molecule has 0 aliphatic carbocycles. The summed E-state index contributed by atoms with van der Waals surface area (Å²) in [6, 6.07) is 0. The van der Waals surface area contributed by atoms with E-state index in [2.05, 4.69) is 13.8 Å². The molecule has 0 saturated carbocycles. The Morgan fingerprint density at radius 3 is 1.80 bits per heavy atom. The van der Waals surface area contributed by atoms with E-state index in [1.165, 1.54) is 0 Å². The van der Waals surface area contributed by atoms with Crippen LogP contribution in [-0.4, -0.2) is 42.6 Å². The second-order valence-corrected chi connectivity index (χ2v) is 15.6. The summed E-state index contributed by atoms with van der Waals surface area (Å²) in [6.45, 7) is 4.22. The Balaban J connectivity index is 2.83. The molecule has 0 amide bonds. The van der Waals surface area contributed by atoms with Crippen LogP contribution < -0.4 is 0 Å². The molecule has 1 heterocycles. The number of unbranched alkanes of at least 4 members (excludes halogenated alkanes) is 2. The van der Waals surface area contributed by atoms with Crippen molar-refractivity contribution >= 4 is 42.9 Å². The third-order valence-corrected chi connectivity index (χ3v) is 14.1. The monoisotopic (exact) mass is 410 g/mol. The quantitative estimate of drug-likeness (QED) is 0.628. The van der Waals surface area contributed by atoms with Crippen LogP contribution in [0.5, 0.6) is 0 Å². The molecule has 0 aromatic rings. The molecule has 1 fully saturated rings. The molecule has 0 aromatic heterocycles. The Labute approximate surface area is 131 Å². The molecule has 0 radical (unpaired) electrons. The van der Waals surface area contributed by atoms with Crippen molar-refractivity contribution in [1.82, 2.24) is 0 Å². The van der Waals surface area contributed by atoms with Crippen LogP contribution in [0.1, 0.15) is 52.4 Å². The van der Waals surface area contributed by atoms with Gasteiger partial charge in [-0.1, -0.05) is 0 Å². The average Bonchev–Trinajstić information content (AvgIpc) is 2.42. The van der Waals surface area contributed by atoms with Crippen molar-refractivity contribution in [3.63, 3.8) is 0 Å². The molecule has 0 unspecified atom stereocenters. The zero-order chi connectivity index (χ0) is 14.8. The summed E-state index contributed by atoms with van der Waals surface area (Å²) in [5, 5.41) is 0. The van der Waals surface area contributed by atoms with E-state index in [-0.39, 0.29) is 11.9 Å². The minimum absolute atomic E-state index is 0.157. The SMILES string of the molecule is CCC[CH2][Sn]1([CH2]CCC)[O]C(=O)CCSCCC(=O)[O]1. The summed E-state index contributed by atoms with van der Waals surface area (Å²) in [6.07, 6.45) is 4.92. The van der Waals surface area contributed by atoms with Gasteiger partial charge in [0.2, 0.25) is 0 Å². The summed E-state index contributed by atoms with van der Waals surface area (Å²) in [4.78, 5) is 24.0. The van der Waals surface area contributed by atoms with Crippen LogP contribution in [0.15, 0.2) is 0 Å². The van der Waals surface area contributed by atoms with Crippen LogP contribution in [-0.2, 0) is 15.7 Å². The molecule has 4 nitrogen and oxygen atoms in total. The van der Waals surface area contributed by atoms with Crippen LogP contribution in [0.25, 0.3) is 0 Å². The second kappa shape index (κ2) is 9.92. The molecule has 6 heteroatoms. The summed E-state index contributed by atoms with van der Waals surface area (Å²) in [5.74, 6) is 1.18. The molecular weight excluding hydrogens is 383 g/mol. The van der Waals surface area contributed by atoms with Gasteiger partial charge in [0.25, 0.3) is 0 Å². The predicted molar refractivity (Wildman–Crippen MR) is 83.9 cm³/mol. The Morgan fingerprint density at radius 2 is 1.40 bits per heavy atom. The molecule has 0 bridgehead atoms. The van der Waals surface area contributed by atoms with Gasteiger partial charge in [0.15, 0.2) is 0 Å². The fraction of sp³-hybridized carbons (Fsp3) is 0.857. The average molecular weight is 409 g/mol. The van der Waals surface area contributed by atoms with Crippen LogP contribution in [0.4, 0.5) is 0 Å². The van der Waals surface area contributed by atoms with E-state index in [9.17, 15) is 9.59 Å². The van der Waals surface area contributed by atoms with Gasteiger partial charge in [0, 0.05) is 0 Å². The number of carbonyl (C=O) groups excluding carboxylic acids is 2. The molecule has 1 aliphatic rings. The Morgan fingerprint density at radius 1 is 0.950 bits per heavy atom. The molecular formula is C14H26O4SSn. The molecule has 1 rings (SSSR count). The molecule has 0 N–H and O–H groups in total. The van der Waals surface area contributed by atoms with Crippen LogP contribution in [0.3, 0.4) is 0 Å². The third-order valence-electron chi connectivity index (χ3n) is 3.32. The predicted octanol–water partition coefficient (Wildman–Crippen LogP) is 3.64. The molecule has 1 saturated heterocycles. The van der Waals surface area contributed by atoms with E-state index in [1.807, 2.05) is 0 Å². The number of rotatable bonds is 6. The van der Waals surface area contributed by atoms with E-state index in [4.69, 9.17) is 6.15 Å². The van der Waals surface area contributed by atoms with E-state index < -0.39 is 19.2 Å². The number of carbonyl (C=O) groups is 2. The van der Waals surface area contributed by atoms with Crippen molar-refractivity contribution in [1.29, 1.82) is 0 Å². The minimum atomic E-state index is -3.55.